The summed E-state index contributed by atoms with van der Waals surface area (Å²) in [6.07, 6.45) is 3.03. The number of hydrogen-bond donors (Lipinski definition) is 1. The van der Waals surface area contributed by atoms with E-state index in [1.807, 2.05) is 23.3 Å². The molecule has 2 unspecified atom stereocenters. The third-order valence-electron chi connectivity index (χ3n) is 2.33. The van der Waals surface area contributed by atoms with Gasteiger partial charge in [0.25, 0.3) is 0 Å². The minimum Gasteiger partial charge on any atom is -0.356 e. The topological polar surface area (TPSA) is 37.3 Å². The quantitative estimate of drug-likeness (QED) is 0.884. The minimum atomic E-state index is 0.270. The van der Waals surface area contributed by atoms with Gasteiger partial charge in [-0.25, -0.2) is 4.98 Å². The Morgan fingerprint density at radius 2 is 2.53 bits per heavy atom. The summed E-state index contributed by atoms with van der Waals surface area (Å²) in [7, 11) is 0. The first-order chi connectivity index (χ1) is 7.29. The molecule has 0 saturated carbocycles. The molecular formula is C10H15N3S2. The molecular weight excluding hydrogens is 226 g/mol. The van der Waals surface area contributed by atoms with Crippen molar-refractivity contribution in [2.75, 3.05) is 6.54 Å². The Morgan fingerprint density at radius 1 is 1.67 bits per heavy atom. The Bertz CT molecular complexity index is 334. The van der Waals surface area contributed by atoms with Crippen LogP contribution in [-0.4, -0.2) is 21.9 Å². The van der Waals surface area contributed by atoms with Gasteiger partial charge in [-0.2, -0.15) is 0 Å². The minimum absolute atomic E-state index is 0.270. The zero-order chi connectivity index (χ0) is 10.7. The second kappa shape index (κ2) is 4.99. The predicted octanol–water partition coefficient (Wildman–Crippen LogP) is 2.68. The van der Waals surface area contributed by atoms with Crippen molar-refractivity contribution >= 4 is 28.3 Å². The maximum Gasteiger partial charge on any atom is 0.157 e. The first-order valence-corrected chi connectivity index (χ1v) is 6.92. The molecule has 2 heterocycles. The van der Waals surface area contributed by atoms with E-state index in [9.17, 15) is 0 Å². The smallest absolute Gasteiger partial charge is 0.157 e. The highest BCUT2D eigenvalue weighted by molar-refractivity contribution is 8.14. The molecule has 15 heavy (non-hydrogen) atoms. The third kappa shape index (κ3) is 2.72. The van der Waals surface area contributed by atoms with Crippen molar-refractivity contribution in [2.24, 2.45) is 4.99 Å². The first-order valence-electron chi connectivity index (χ1n) is 5.16. The van der Waals surface area contributed by atoms with Crippen LogP contribution >= 0.6 is 23.1 Å². The maximum atomic E-state index is 4.48. The Morgan fingerprint density at radius 3 is 3.13 bits per heavy atom. The molecule has 2 atom stereocenters. The lowest BCUT2D eigenvalue weighted by atomic mass is 10.3. The second-order valence-electron chi connectivity index (χ2n) is 3.53. The number of nitrogens with zero attached hydrogens (tertiary/aromatic N) is 2. The summed E-state index contributed by atoms with van der Waals surface area (Å²) >= 11 is 3.54. The van der Waals surface area contributed by atoms with Gasteiger partial charge in [-0.05, 0) is 13.3 Å². The van der Waals surface area contributed by atoms with Crippen LogP contribution in [0.5, 0.6) is 0 Å². The Hall–Kier alpha value is -0.550. The average Bonchev–Trinajstić information content (AvgIpc) is 2.87. The Labute approximate surface area is 98.4 Å². The lowest BCUT2D eigenvalue weighted by Crippen LogP contribution is -2.23. The summed E-state index contributed by atoms with van der Waals surface area (Å²) in [5.41, 5.74) is 0. The molecule has 1 N–H and O–H groups in total. The molecule has 0 radical (unpaired) electrons. The molecule has 0 saturated heterocycles. The van der Waals surface area contributed by atoms with Crippen LogP contribution in [0.25, 0.3) is 0 Å². The van der Waals surface area contributed by atoms with Crippen molar-refractivity contribution in [1.82, 2.24) is 10.3 Å². The fourth-order valence-corrected chi connectivity index (χ4v) is 3.08. The molecule has 5 heteroatoms. The SMILES string of the molecule is CCC1CN=C(NC(C)c2nccs2)S1. The number of aromatic nitrogens is 1. The molecule has 0 spiro atoms. The van der Waals surface area contributed by atoms with Crippen molar-refractivity contribution in [3.05, 3.63) is 16.6 Å². The summed E-state index contributed by atoms with van der Waals surface area (Å²) in [6.45, 7) is 5.29. The number of aliphatic imine (C=N–C) groups is 1. The molecule has 2 rings (SSSR count). The van der Waals surface area contributed by atoms with Gasteiger partial charge in [-0.15, -0.1) is 11.3 Å². The lowest BCUT2D eigenvalue weighted by molar-refractivity contribution is 0.715. The maximum absolute atomic E-state index is 4.48. The summed E-state index contributed by atoms with van der Waals surface area (Å²) in [6, 6.07) is 0.270. The molecule has 1 aliphatic rings. The summed E-state index contributed by atoms with van der Waals surface area (Å²) < 4.78 is 0. The van der Waals surface area contributed by atoms with Gasteiger partial charge in [0.1, 0.15) is 5.01 Å². The van der Waals surface area contributed by atoms with E-state index in [1.165, 1.54) is 6.42 Å². The van der Waals surface area contributed by atoms with Gasteiger partial charge in [0.15, 0.2) is 5.17 Å². The van der Waals surface area contributed by atoms with E-state index >= 15 is 0 Å². The highest BCUT2D eigenvalue weighted by Crippen LogP contribution is 2.24. The fourth-order valence-electron chi connectivity index (χ4n) is 1.40. The van der Waals surface area contributed by atoms with Gasteiger partial charge in [-0.3, -0.25) is 4.99 Å². The largest absolute Gasteiger partial charge is 0.356 e. The number of nitrogens with one attached hydrogen (secondary N) is 1. The van der Waals surface area contributed by atoms with E-state index in [0.717, 1.165) is 16.7 Å². The number of amidine groups is 1. The van der Waals surface area contributed by atoms with E-state index in [1.54, 1.807) is 11.3 Å². The van der Waals surface area contributed by atoms with Gasteiger partial charge in [-0.1, -0.05) is 18.7 Å². The van der Waals surface area contributed by atoms with E-state index in [0.29, 0.717) is 5.25 Å². The Kier molecular flexibility index (Phi) is 3.64. The molecule has 1 aliphatic heterocycles. The molecule has 3 nitrogen and oxygen atoms in total. The zero-order valence-corrected chi connectivity index (χ0v) is 10.6. The van der Waals surface area contributed by atoms with Crippen molar-refractivity contribution < 1.29 is 0 Å². The van der Waals surface area contributed by atoms with Crippen molar-refractivity contribution in [2.45, 2.75) is 31.6 Å². The first kappa shape index (κ1) is 11.0. The van der Waals surface area contributed by atoms with Crippen LogP contribution in [0.15, 0.2) is 16.6 Å². The number of rotatable bonds is 3. The molecule has 0 fully saturated rings. The second-order valence-corrected chi connectivity index (χ2v) is 5.75. The number of thioether (sulfide) groups is 1. The van der Waals surface area contributed by atoms with Crippen LogP contribution in [0.4, 0.5) is 0 Å². The van der Waals surface area contributed by atoms with Gasteiger partial charge >= 0.3 is 0 Å². The van der Waals surface area contributed by atoms with Gasteiger partial charge in [0, 0.05) is 16.8 Å². The highest BCUT2D eigenvalue weighted by atomic mass is 32.2. The average molecular weight is 241 g/mol. The van der Waals surface area contributed by atoms with Crippen LogP contribution in [0.1, 0.15) is 31.3 Å². The number of thiazole rings is 1. The zero-order valence-electron chi connectivity index (χ0n) is 8.93. The van der Waals surface area contributed by atoms with Gasteiger partial charge < -0.3 is 5.32 Å². The summed E-state index contributed by atoms with van der Waals surface area (Å²) in [5.74, 6) is 0. The molecule has 1 aromatic rings. The van der Waals surface area contributed by atoms with Crippen molar-refractivity contribution in [3.8, 4) is 0 Å². The molecule has 82 valence electrons. The molecule has 1 aromatic heterocycles. The van der Waals surface area contributed by atoms with Crippen molar-refractivity contribution in [1.29, 1.82) is 0 Å². The van der Waals surface area contributed by atoms with Gasteiger partial charge in [0.2, 0.25) is 0 Å². The van der Waals surface area contributed by atoms with E-state index in [2.05, 4.69) is 29.1 Å². The summed E-state index contributed by atoms with van der Waals surface area (Å²) in [5, 5.41) is 8.27. The molecule has 0 aliphatic carbocycles. The monoisotopic (exact) mass is 241 g/mol. The molecule has 0 amide bonds. The van der Waals surface area contributed by atoms with Crippen LogP contribution in [0, 0.1) is 0 Å². The number of hydrogen-bond acceptors (Lipinski definition) is 5. The van der Waals surface area contributed by atoms with Crippen molar-refractivity contribution in [3.63, 3.8) is 0 Å². The third-order valence-corrected chi connectivity index (χ3v) is 4.58. The van der Waals surface area contributed by atoms with E-state index < -0.39 is 0 Å². The van der Waals surface area contributed by atoms with Crippen LogP contribution in [-0.2, 0) is 0 Å². The van der Waals surface area contributed by atoms with Gasteiger partial charge in [0.05, 0.1) is 12.6 Å². The van der Waals surface area contributed by atoms with E-state index in [4.69, 9.17) is 0 Å². The lowest BCUT2D eigenvalue weighted by Gasteiger charge is -2.12. The van der Waals surface area contributed by atoms with E-state index in [-0.39, 0.29) is 6.04 Å². The molecule has 0 aromatic carbocycles. The Balaban J connectivity index is 1.88. The normalized spacial score (nSPS) is 22.5. The highest BCUT2D eigenvalue weighted by Gasteiger charge is 2.19. The standard InChI is InChI=1S/C10H15N3S2/c1-3-8-6-12-10(15-8)13-7(2)9-11-4-5-14-9/h4-5,7-8H,3,6H2,1-2H3,(H,12,13). The van der Waals surface area contributed by atoms with Crippen LogP contribution in [0.2, 0.25) is 0 Å². The summed E-state index contributed by atoms with van der Waals surface area (Å²) in [4.78, 5) is 8.77. The fraction of sp³-hybridized carbons (Fsp3) is 0.600. The van der Waals surface area contributed by atoms with Crippen LogP contribution < -0.4 is 5.32 Å². The molecule has 0 bridgehead atoms. The van der Waals surface area contributed by atoms with Crippen LogP contribution in [0.3, 0.4) is 0 Å². The predicted molar refractivity (Wildman–Crippen MR) is 67.6 cm³/mol.